The molecule has 1 aliphatic rings. The van der Waals surface area contributed by atoms with Crippen molar-refractivity contribution in [2.75, 3.05) is 18.0 Å². The van der Waals surface area contributed by atoms with Crippen molar-refractivity contribution >= 4 is 17.3 Å². The fourth-order valence-electron chi connectivity index (χ4n) is 3.21. The van der Waals surface area contributed by atoms with Crippen LogP contribution in [0.5, 0.6) is 0 Å². The van der Waals surface area contributed by atoms with Gasteiger partial charge in [-0.3, -0.25) is 14.9 Å². The molecule has 2 aromatic rings. The molecule has 0 atom stereocenters. The number of carbonyl (C=O) groups excluding carboxylic acids is 1. The van der Waals surface area contributed by atoms with Crippen molar-refractivity contribution in [1.82, 2.24) is 5.32 Å². The lowest BCUT2D eigenvalue weighted by molar-refractivity contribution is -0.385. The summed E-state index contributed by atoms with van der Waals surface area (Å²) in [7, 11) is 0. The Hall–Kier alpha value is -2.89. The third-order valence-electron chi connectivity index (χ3n) is 4.78. The van der Waals surface area contributed by atoms with E-state index in [-0.39, 0.29) is 11.6 Å². The van der Waals surface area contributed by atoms with Gasteiger partial charge in [-0.05, 0) is 49.9 Å². The molecule has 1 heterocycles. The van der Waals surface area contributed by atoms with Crippen LogP contribution in [0.3, 0.4) is 0 Å². The molecule has 26 heavy (non-hydrogen) atoms. The van der Waals surface area contributed by atoms with E-state index < -0.39 is 4.92 Å². The van der Waals surface area contributed by atoms with Crippen molar-refractivity contribution in [3.8, 4) is 0 Å². The molecule has 0 unspecified atom stereocenters. The molecule has 0 aromatic heterocycles. The predicted molar refractivity (Wildman–Crippen MR) is 102 cm³/mol. The highest BCUT2D eigenvalue weighted by molar-refractivity contribution is 5.94. The predicted octanol–water partition coefficient (Wildman–Crippen LogP) is 3.82. The zero-order chi connectivity index (χ0) is 18.5. The molecule has 0 bridgehead atoms. The summed E-state index contributed by atoms with van der Waals surface area (Å²) in [5.41, 5.74) is 3.02. The van der Waals surface area contributed by atoms with Crippen LogP contribution in [-0.4, -0.2) is 23.9 Å². The van der Waals surface area contributed by atoms with Gasteiger partial charge in [-0.2, -0.15) is 0 Å². The number of hydrogen-bond donors (Lipinski definition) is 1. The number of carbonyl (C=O) groups is 1. The molecule has 1 aliphatic heterocycles. The van der Waals surface area contributed by atoms with Gasteiger partial charge in [0.15, 0.2) is 0 Å². The number of rotatable bonds is 5. The molecule has 0 spiro atoms. The Bertz CT molecular complexity index is 796. The van der Waals surface area contributed by atoms with Gasteiger partial charge in [0.25, 0.3) is 11.6 Å². The lowest BCUT2D eigenvalue weighted by atomic mass is 10.1. The van der Waals surface area contributed by atoms with Gasteiger partial charge >= 0.3 is 0 Å². The van der Waals surface area contributed by atoms with Crippen molar-refractivity contribution in [3.05, 3.63) is 69.3 Å². The molecule has 1 amide bonds. The molecule has 6 nitrogen and oxygen atoms in total. The van der Waals surface area contributed by atoms with Crippen molar-refractivity contribution in [3.63, 3.8) is 0 Å². The zero-order valence-corrected chi connectivity index (χ0v) is 14.9. The van der Waals surface area contributed by atoms with Crippen LogP contribution in [0.25, 0.3) is 0 Å². The van der Waals surface area contributed by atoms with E-state index in [0.29, 0.717) is 17.7 Å². The molecular weight excluding hydrogens is 330 g/mol. The van der Waals surface area contributed by atoms with Crippen LogP contribution >= 0.6 is 0 Å². The first-order valence-electron chi connectivity index (χ1n) is 8.92. The molecule has 1 N–H and O–H groups in total. The summed E-state index contributed by atoms with van der Waals surface area (Å²) in [5.74, 6) is -0.312. The Morgan fingerprint density at radius 2 is 1.81 bits per heavy atom. The Morgan fingerprint density at radius 1 is 1.12 bits per heavy atom. The topological polar surface area (TPSA) is 75.5 Å². The van der Waals surface area contributed by atoms with Gasteiger partial charge in [0.2, 0.25) is 0 Å². The molecular formula is C20H23N3O3. The molecule has 136 valence electrons. The number of nitro groups is 1. The third-order valence-corrected chi connectivity index (χ3v) is 4.78. The first-order valence-corrected chi connectivity index (χ1v) is 8.92. The normalized spacial score (nSPS) is 14.1. The second kappa shape index (κ2) is 7.99. The largest absolute Gasteiger partial charge is 0.372 e. The van der Waals surface area contributed by atoms with Gasteiger partial charge in [0, 0.05) is 42.5 Å². The minimum absolute atomic E-state index is 0.0384. The number of nitrogens with one attached hydrogen (secondary N) is 1. The van der Waals surface area contributed by atoms with Crippen LogP contribution in [0, 0.1) is 17.0 Å². The number of anilines is 1. The molecule has 2 aromatic carbocycles. The van der Waals surface area contributed by atoms with Gasteiger partial charge in [-0.1, -0.05) is 18.2 Å². The Labute approximate surface area is 153 Å². The van der Waals surface area contributed by atoms with Crippen LogP contribution in [0.1, 0.15) is 40.7 Å². The summed E-state index contributed by atoms with van der Waals surface area (Å²) in [4.78, 5) is 25.2. The number of piperidine rings is 1. The summed E-state index contributed by atoms with van der Waals surface area (Å²) >= 11 is 0. The minimum atomic E-state index is -0.467. The lowest BCUT2D eigenvalue weighted by Gasteiger charge is -2.28. The van der Waals surface area contributed by atoms with Crippen LogP contribution in [0.2, 0.25) is 0 Å². The number of hydrogen-bond acceptors (Lipinski definition) is 4. The highest BCUT2D eigenvalue weighted by atomic mass is 16.6. The number of aryl methyl sites for hydroxylation is 1. The second-order valence-corrected chi connectivity index (χ2v) is 6.66. The Morgan fingerprint density at radius 3 is 2.46 bits per heavy atom. The highest BCUT2D eigenvalue weighted by Crippen LogP contribution is 2.21. The van der Waals surface area contributed by atoms with E-state index in [1.54, 1.807) is 19.1 Å². The summed E-state index contributed by atoms with van der Waals surface area (Å²) in [6, 6.07) is 12.7. The van der Waals surface area contributed by atoms with Crippen molar-refractivity contribution < 1.29 is 9.72 Å². The number of benzene rings is 2. The summed E-state index contributed by atoms with van der Waals surface area (Å²) in [5, 5.41) is 13.8. The van der Waals surface area contributed by atoms with Crippen LogP contribution in [-0.2, 0) is 6.54 Å². The van der Waals surface area contributed by atoms with Crippen LogP contribution in [0.15, 0.2) is 42.5 Å². The van der Waals surface area contributed by atoms with Crippen molar-refractivity contribution in [1.29, 1.82) is 0 Å². The standard InChI is InChI=1S/C20H23N3O3/c1-15-5-8-17(13-19(15)23(25)26)20(24)21-14-16-6-9-18(10-7-16)22-11-3-2-4-12-22/h5-10,13H,2-4,11-12,14H2,1H3,(H,21,24). The van der Waals surface area contributed by atoms with E-state index in [1.807, 2.05) is 12.1 Å². The quantitative estimate of drug-likeness (QED) is 0.655. The molecule has 0 radical (unpaired) electrons. The monoisotopic (exact) mass is 353 g/mol. The summed E-state index contributed by atoms with van der Waals surface area (Å²) in [6.07, 6.45) is 3.78. The van der Waals surface area contributed by atoms with E-state index in [0.717, 1.165) is 18.7 Å². The van der Waals surface area contributed by atoms with Crippen molar-refractivity contribution in [2.45, 2.75) is 32.7 Å². The molecule has 1 saturated heterocycles. The fourth-order valence-corrected chi connectivity index (χ4v) is 3.21. The highest BCUT2D eigenvalue weighted by Gasteiger charge is 2.15. The van der Waals surface area contributed by atoms with E-state index in [4.69, 9.17) is 0 Å². The second-order valence-electron chi connectivity index (χ2n) is 6.66. The molecule has 6 heteroatoms. The average molecular weight is 353 g/mol. The molecule has 0 saturated carbocycles. The van der Waals surface area contributed by atoms with Gasteiger partial charge in [-0.15, -0.1) is 0 Å². The van der Waals surface area contributed by atoms with Gasteiger partial charge < -0.3 is 10.2 Å². The number of nitro benzene ring substituents is 1. The molecule has 1 fully saturated rings. The van der Waals surface area contributed by atoms with Gasteiger partial charge in [0.05, 0.1) is 4.92 Å². The maximum absolute atomic E-state index is 12.3. The lowest BCUT2D eigenvalue weighted by Crippen LogP contribution is -2.29. The van der Waals surface area contributed by atoms with E-state index in [9.17, 15) is 14.9 Å². The van der Waals surface area contributed by atoms with Gasteiger partial charge in [-0.25, -0.2) is 0 Å². The van der Waals surface area contributed by atoms with E-state index in [1.165, 1.54) is 31.0 Å². The number of nitrogens with zero attached hydrogens (tertiary/aromatic N) is 2. The smallest absolute Gasteiger partial charge is 0.273 e. The van der Waals surface area contributed by atoms with E-state index in [2.05, 4.69) is 22.3 Å². The van der Waals surface area contributed by atoms with Crippen LogP contribution < -0.4 is 10.2 Å². The Kier molecular flexibility index (Phi) is 5.51. The maximum Gasteiger partial charge on any atom is 0.273 e. The number of amides is 1. The summed E-state index contributed by atoms with van der Waals surface area (Å²) in [6.45, 7) is 4.25. The average Bonchev–Trinajstić information content (AvgIpc) is 2.67. The first kappa shape index (κ1) is 17.9. The SMILES string of the molecule is Cc1ccc(C(=O)NCc2ccc(N3CCCCC3)cc2)cc1[N+](=O)[O-]. The first-order chi connectivity index (χ1) is 12.5. The Balaban J connectivity index is 1.61. The minimum Gasteiger partial charge on any atom is -0.372 e. The maximum atomic E-state index is 12.3. The molecule has 3 rings (SSSR count). The zero-order valence-electron chi connectivity index (χ0n) is 14.9. The summed E-state index contributed by atoms with van der Waals surface area (Å²) < 4.78 is 0. The fraction of sp³-hybridized carbons (Fsp3) is 0.350. The van der Waals surface area contributed by atoms with E-state index >= 15 is 0 Å². The molecule has 0 aliphatic carbocycles. The third kappa shape index (κ3) is 4.20. The van der Waals surface area contributed by atoms with Gasteiger partial charge in [0.1, 0.15) is 0 Å². The van der Waals surface area contributed by atoms with Crippen LogP contribution in [0.4, 0.5) is 11.4 Å². The van der Waals surface area contributed by atoms with Crippen molar-refractivity contribution in [2.24, 2.45) is 0 Å².